The fraction of sp³-hybridized carbons (Fsp3) is 0. The van der Waals surface area contributed by atoms with Crippen LogP contribution in [0.5, 0.6) is 5.75 Å². The summed E-state index contributed by atoms with van der Waals surface area (Å²) >= 11 is 0. The number of hydrogen-bond donors (Lipinski definition) is 1. The molecule has 0 atom stereocenters. The standard InChI is InChI=1S/C6H5NO3.Ca.2H/c8-6-3-1-2-5(4-6)7(9)10;;;/h1-4,8H;;;. The number of hydrogen-bond acceptors (Lipinski definition) is 3. The Labute approximate surface area is 93.0 Å². The molecule has 0 fully saturated rings. The number of nitro benzene ring substituents is 1. The molecule has 0 bridgehead atoms. The van der Waals surface area contributed by atoms with Gasteiger partial charge in [0, 0.05) is 6.07 Å². The number of aromatic hydroxyl groups is 1. The molecule has 0 unspecified atom stereocenters. The quantitative estimate of drug-likeness (QED) is 0.387. The number of non-ortho nitro benzene ring substituents is 1. The molecule has 4 nitrogen and oxygen atoms in total. The summed E-state index contributed by atoms with van der Waals surface area (Å²) < 4.78 is 0. The van der Waals surface area contributed by atoms with Gasteiger partial charge in [-0.2, -0.15) is 0 Å². The number of phenolic OH excluding ortho intramolecular Hbond substituents is 1. The zero-order valence-corrected chi connectivity index (χ0v) is 5.02. The van der Waals surface area contributed by atoms with E-state index in [1.165, 1.54) is 18.2 Å². The van der Waals surface area contributed by atoms with Crippen molar-refractivity contribution in [3.8, 4) is 5.75 Å². The normalized spacial score (nSPS) is 8.36. The van der Waals surface area contributed by atoms with E-state index in [-0.39, 0.29) is 49.2 Å². The van der Waals surface area contributed by atoms with E-state index in [0.717, 1.165) is 6.07 Å². The van der Waals surface area contributed by atoms with Crippen molar-refractivity contribution in [2.75, 3.05) is 0 Å². The second-order valence-electron chi connectivity index (χ2n) is 1.78. The van der Waals surface area contributed by atoms with Crippen LogP contribution >= 0.6 is 0 Å². The van der Waals surface area contributed by atoms with Gasteiger partial charge in [-0.05, 0) is 6.07 Å². The molecule has 0 heterocycles. The van der Waals surface area contributed by atoms with Crippen LogP contribution in [0.3, 0.4) is 0 Å². The second kappa shape index (κ2) is 4.54. The number of benzene rings is 1. The van der Waals surface area contributed by atoms with Crippen molar-refractivity contribution in [1.82, 2.24) is 0 Å². The van der Waals surface area contributed by atoms with Gasteiger partial charge in [-0.3, -0.25) is 10.1 Å². The van der Waals surface area contributed by atoms with Gasteiger partial charge in [0.05, 0.1) is 11.0 Å². The summed E-state index contributed by atoms with van der Waals surface area (Å²) in [6.45, 7) is 0. The summed E-state index contributed by atoms with van der Waals surface area (Å²) in [6, 6.07) is 5.22. The molecule has 1 aromatic carbocycles. The first-order valence-electron chi connectivity index (χ1n) is 2.63. The van der Waals surface area contributed by atoms with Crippen molar-refractivity contribution in [3.63, 3.8) is 0 Å². The van der Waals surface area contributed by atoms with Crippen LogP contribution in [-0.2, 0) is 0 Å². The SMILES string of the molecule is O=[N+]([O-])c1cccc(O)c1.[CaH2]. The summed E-state index contributed by atoms with van der Waals surface area (Å²) in [4.78, 5) is 9.49. The van der Waals surface area contributed by atoms with Gasteiger partial charge in [0.1, 0.15) is 5.75 Å². The van der Waals surface area contributed by atoms with E-state index in [1.54, 1.807) is 0 Å². The van der Waals surface area contributed by atoms with Crippen LogP contribution in [0.25, 0.3) is 0 Å². The molecule has 0 amide bonds. The van der Waals surface area contributed by atoms with Crippen molar-refractivity contribution in [2.45, 2.75) is 0 Å². The van der Waals surface area contributed by atoms with Crippen molar-refractivity contribution in [1.29, 1.82) is 0 Å². The maximum absolute atomic E-state index is 10.0. The predicted octanol–water partition coefficient (Wildman–Crippen LogP) is 0.384. The van der Waals surface area contributed by atoms with Gasteiger partial charge < -0.3 is 5.11 Å². The van der Waals surface area contributed by atoms with Crippen molar-refractivity contribution >= 4 is 43.4 Å². The van der Waals surface area contributed by atoms with Crippen LogP contribution in [0.15, 0.2) is 24.3 Å². The van der Waals surface area contributed by atoms with Gasteiger partial charge in [0.2, 0.25) is 0 Å². The van der Waals surface area contributed by atoms with Crippen molar-refractivity contribution < 1.29 is 10.0 Å². The molecule has 0 aliphatic heterocycles. The van der Waals surface area contributed by atoms with Gasteiger partial charge in [0.25, 0.3) is 5.69 Å². The Morgan fingerprint density at radius 2 is 2.09 bits per heavy atom. The molecule has 0 radical (unpaired) electrons. The van der Waals surface area contributed by atoms with E-state index < -0.39 is 4.92 Å². The Morgan fingerprint density at radius 3 is 2.45 bits per heavy atom. The molecule has 0 aliphatic rings. The molecule has 11 heavy (non-hydrogen) atoms. The Hall–Kier alpha value is -0.320. The van der Waals surface area contributed by atoms with E-state index in [0.29, 0.717) is 0 Å². The zero-order chi connectivity index (χ0) is 7.56. The Morgan fingerprint density at radius 1 is 1.45 bits per heavy atom. The molecule has 5 heteroatoms. The molecule has 1 N–H and O–H groups in total. The molecule has 56 valence electrons. The average molecular weight is 181 g/mol. The van der Waals surface area contributed by atoms with Crippen LogP contribution in [0, 0.1) is 10.1 Å². The number of rotatable bonds is 1. The van der Waals surface area contributed by atoms with Crippen LogP contribution < -0.4 is 0 Å². The third-order valence-corrected chi connectivity index (χ3v) is 1.04. The fourth-order valence-electron chi connectivity index (χ4n) is 0.607. The van der Waals surface area contributed by atoms with E-state index in [2.05, 4.69) is 0 Å². The van der Waals surface area contributed by atoms with E-state index in [9.17, 15) is 10.1 Å². The molecule has 1 rings (SSSR count). The second-order valence-corrected chi connectivity index (χ2v) is 1.78. The molecule has 0 saturated carbocycles. The third kappa shape index (κ3) is 3.05. The minimum atomic E-state index is -0.556. The first-order valence-corrected chi connectivity index (χ1v) is 2.63. The summed E-state index contributed by atoms with van der Waals surface area (Å²) in [5.74, 6) is -0.0887. The molecule has 0 aromatic heterocycles. The third-order valence-electron chi connectivity index (χ3n) is 1.04. The molecule has 0 spiro atoms. The molecular weight excluding hydrogens is 174 g/mol. The van der Waals surface area contributed by atoms with Crippen LogP contribution in [0.1, 0.15) is 0 Å². The molecular formula is C6H7CaNO3. The average Bonchev–Trinajstić information content (AvgIpc) is 1.88. The van der Waals surface area contributed by atoms with Crippen molar-refractivity contribution in [3.05, 3.63) is 34.4 Å². The van der Waals surface area contributed by atoms with Gasteiger partial charge in [0.15, 0.2) is 0 Å². The molecule has 0 aliphatic carbocycles. The Balaban J connectivity index is 0.000001000. The van der Waals surface area contributed by atoms with E-state index >= 15 is 0 Å². The van der Waals surface area contributed by atoms with Crippen LogP contribution in [0.4, 0.5) is 5.69 Å². The summed E-state index contributed by atoms with van der Waals surface area (Å²) in [5, 5.41) is 18.8. The monoisotopic (exact) mass is 181 g/mol. The number of phenols is 1. The summed E-state index contributed by atoms with van der Waals surface area (Å²) in [5.41, 5.74) is -0.0972. The first kappa shape index (κ1) is 10.7. The maximum atomic E-state index is 10.0. The van der Waals surface area contributed by atoms with E-state index in [1.807, 2.05) is 0 Å². The van der Waals surface area contributed by atoms with Gasteiger partial charge in [-0.1, -0.05) is 6.07 Å². The topological polar surface area (TPSA) is 63.4 Å². The Bertz CT molecular complexity index is 264. The van der Waals surface area contributed by atoms with Crippen LogP contribution in [-0.4, -0.2) is 47.8 Å². The predicted molar refractivity (Wildman–Crippen MR) is 43.3 cm³/mol. The van der Waals surface area contributed by atoms with Gasteiger partial charge >= 0.3 is 37.7 Å². The van der Waals surface area contributed by atoms with Crippen LogP contribution in [0.2, 0.25) is 0 Å². The first-order chi connectivity index (χ1) is 4.70. The summed E-state index contributed by atoms with van der Waals surface area (Å²) in [7, 11) is 0. The minimum absolute atomic E-state index is 0. The van der Waals surface area contributed by atoms with E-state index in [4.69, 9.17) is 5.11 Å². The van der Waals surface area contributed by atoms with Gasteiger partial charge in [-0.25, -0.2) is 0 Å². The number of nitro groups is 1. The molecule has 1 aromatic rings. The zero-order valence-electron chi connectivity index (χ0n) is 5.02. The number of nitrogens with zero attached hydrogens (tertiary/aromatic N) is 1. The summed E-state index contributed by atoms with van der Waals surface area (Å²) in [6.07, 6.45) is 0. The van der Waals surface area contributed by atoms with Crippen molar-refractivity contribution in [2.24, 2.45) is 0 Å². The van der Waals surface area contributed by atoms with Gasteiger partial charge in [-0.15, -0.1) is 0 Å². The molecule has 0 saturated heterocycles. The Kier molecular flexibility index (Phi) is 4.40. The fourth-order valence-corrected chi connectivity index (χ4v) is 0.607.